The van der Waals surface area contributed by atoms with E-state index in [1.54, 1.807) is 12.4 Å². The molecule has 2 saturated heterocycles. The molecule has 2 aliphatic rings. The quantitative estimate of drug-likeness (QED) is 0.863. The van der Waals surface area contributed by atoms with Gasteiger partial charge in [0.15, 0.2) is 0 Å². The second-order valence-electron chi connectivity index (χ2n) is 6.98. The van der Waals surface area contributed by atoms with Gasteiger partial charge in [-0.2, -0.15) is 0 Å². The number of nitrogens with zero attached hydrogens (tertiary/aromatic N) is 5. The molecular formula is C19H25N5O. The van der Waals surface area contributed by atoms with Crippen molar-refractivity contribution in [2.24, 2.45) is 0 Å². The van der Waals surface area contributed by atoms with E-state index in [0.717, 1.165) is 50.4 Å². The Hall–Kier alpha value is -2.37. The van der Waals surface area contributed by atoms with Crippen LogP contribution in [-0.2, 0) is 0 Å². The lowest BCUT2D eigenvalue weighted by Gasteiger charge is -2.35. The molecule has 25 heavy (non-hydrogen) atoms. The van der Waals surface area contributed by atoms with Crippen LogP contribution in [0.15, 0.2) is 37.1 Å². The molecule has 0 aliphatic carbocycles. The predicted molar refractivity (Wildman–Crippen MR) is 96.7 cm³/mol. The average molecular weight is 339 g/mol. The van der Waals surface area contributed by atoms with E-state index in [2.05, 4.69) is 19.4 Å². The van der Waals surface area contributed by atoms with Crippen LogP contribution in [0.4, 0.5) is 5.82 Å². The molecule has 0 N–H and O–H groups in total. The normalized spacial score (nSPS) is 21.4. The Kier molecular flexibility index (Phi) is 4.68. The number of amides is 1. The van der Waals surface area contributed by atoms with Gasteiger partial charge in [0.05, 0.1) is 17.9 Å². The molecule has 0 saturated carbocycles. The van der Waals surface area contributed by atoms with Crippen molar-refractivity contribution >= 4 is 11.7 Å². The zero-order valence-corrected chi connectivity index (χ0v) is 14.5. The SMILES string of the molecule is O=C(c1cccnc1N1CCCCC1)N1CCC[C@H](n2ccnc2)C1. The van der Waals surface area contributed by atoms with E-state index in [-0.39, 0.29) is 5.91 Å². The van der Waals surface area contributed by atoms with Gasteiger partial charge in [0.25, 0.3) is 5.91 Å². The molecule has 1 atom stereocenters. The number of imidazole rings is 1. The molecule has 4 rings (SSSR count). The zero-order chi connectivity index (χ0) is 17.1. The number of rotatable bonds is 3. The summed E-state index contributed by atoms with van der Waals surface area (Å²) >= 11 is 0. The van der Waals surface area contributed by atoms with E-state index in [0.29, 0.717) is 6.04 Å². The Balaban J connectivity index is 1.54. The van der Waals surface area contributed by atoms with E-state index in [9.17, 15) is 4.79 Å². The Morgan fingerprint density at radius 3 is 2.76 bits per heavy atom. The van der Waals surface area contributed by atoms with Crippen molar-refractivity contribution in [3.8, 4) is 0 Å². The van der Waals surface area contributed by atoms with Crippen molar-refractivity contribution in [3.63, 3.8) is 0 Å². The summed E-state index contributed by atoms with van der Waals surface area (Å²) in [4.78, 5) is 26.2. The van der Waals surface area contributed by atoms with Crippen molar-refractivity contribution < 1.29 is 4.79 Å². The molecule has 2 fully saturated rings. The number of aromatic nitrogens is 3. The van der Waals surface area contributed by atoms with E-state index in [4.69, 9.17) is 0 Å². The standard InChI is InChI=1S/C19H25N5O/c25-19(23-12-5-6-16(14-23)24-13-9-20-15-24)17-7-4-8-21-18(17)22-10-2-1-3-11-22/h4,7-9,13,15-16H,1-3,5-6,10-12,14H2/t16-/m0/s1. The molecule has 0 radical (unpaired) electrons. The minimum atomic E-state index is 0.110. The van der Waals surface area contributed by atoms with Crippen LogP contribution in [0.2, 0.25) is 0 Å². The van der Waals surface area contributed by atoms with Gasteiger partial charge in [-0.05, 0) is 44.2 Å². The van der Waals surface area contributed by atoms with E-state index >= 15 is 0 Å². The summed E-state index contributed by atoms with van der Waals surface area (Å²) in [6.45, 7) is 3.55. The number of carbonyl (C=O) groups is 1. The van der Waals surface area contributed by atoms with Crippen LogP contribution < -0.4 is 4.90 Å². The van der Waals surface area contributed by atoms with Gasteiger partial charge in [0, 0.05) is 44.8 Å². The zero-order valence-electron chi connectivity index (χ0n) is 14.5. The van der Waals surface area contributed by atoms with Crippen LogP contribution in [-0.4, -0.2) is 51.5 Å². The van der Waals surface area contributed by atoms with Crippen molar-refractivity contribution in [2.75, 3.05) is 31.1 Å². The third-order valence-corrected chi connectivity index (χ3v) is 5.30. The Labute approximate surface area is 148 Å². The summed E-state index contributed by atoms with van der Waals surface area (Å²) in [6, 6.07) is 4.12. The van der Waals surface area contributed by atoms with Gasteiger partial charge in [0.2, 0.25) is 0 Å². The van der Waals surface area contributed by atoms with Crippen LogP contribution in [0.3, 0.4) is 0 Å². The molecular weight excluding hydrogens is 314 g/mol. The summed E-state index contributed by atoms with van der Waals surface area (Å²) in [5.41, 5.74) is 0.746. The monoisotopic (exact) mass is 339 g/mol. The highest BCUT2D eigenvalue weighted by molar-refractivity contribution is 5.99. The molecule has 2 aliphatic heterocycles. The number of piperidine rings is 2. The number of hydrogen-bond acceptors (Lipinski definition) is 4. The largest absolute Gasteiger partial charge is 0.356 e. The summed E-state index contributed by atoms with van der Waals surface area (Å²) in [7, 11) is 0. The molecule has 132 valence electrons. The lowest BCUT2D eigenvalue weighted by atomic mass is 10.0. The minimum Gasteiger partial charge on any atom is -0.356 e. The Bertz CT molecular complexity index is 708. The Morgan fingerprint density at radius 2 is 1.96 bits per heavy atom. The summed E-state index contributed by atoms with van der Waals surface area (Å²) in [5, 5.41) is 0. The molecule has 4 heterocycles. The first-order valence-corrected chi connectivity index (χ1v) is 9.29. The smallest absolute Gasteiger partial charge is 0.257 e. The molecule has 0 unspecified atom stereocenters. The van der Waals surface area contributed by atoms with Crippen molar-refractivity contribution in [1.29, 1.82) is 0 Å². The number of pyridine rings is 1. The average Bonchev–Trinajstić information content (AvgIpc) is 3.23. The van der Waals surface area contributed by atoms with E-state index < -0.39 is 0 Å². The second kappa shape index (κ2) is 7.25. The van der Waals surface area contributed by atoms with Gasteiger partial charge >= 0.3 is 0 Å². The second-order valence-corrected chi connectivity index (χ2v) is 6.98. The third kappa shape index (κ3) is 3.38. The number of carbonyl (C=O) groups excluding carboxylic acids is 1. The van der Waals surface area contributed by atoms with E-state index in [1.165, 1.54) is 19.3 Å². The van der Waals surface area contributed by atoms with Crippen LogP contribution in [0, 0.1) is 0 Å². The topological polar surface area (TPSA) is 54.3 Å². The number of anilines is 1. The van der Waals surface area contributed by atoms with Crippen LogP contribution >= 0.6 is 0 Å². The fourth-order valence-corrected chi connectivity index (χ4v) is 3.96. The first-order valence-electron chi connectivity index (χ1n) is 9.29. The summed E-state index contributed by atoms with van der Waals surface area (Å²) in [6.07, 6.45) is 13.2. The number of likely N-dealkylation sites (tertiary alicyclic amines) is 1. The third-order valence-electron chi connectivity index (χ3n) is 5.30. The maximum Gasteiger partial charge on any atom is 0.257 e. The molecule has 0 aromatic carbocycles. The fourth-order valence-electron chi connectivity index (χ4n) is 3.96. The highest BCUT2D eigenvalue weighted by atomic mass is 16.2. The lowest BCUT2D eigenvalue weighted by molar-refractivity contribution is 0.0679. The van der Waals surface area contributed by atoms with Gasteiger partial charge in [-0.3, -0.25) is 4.79 Å². The molecule has 6 heteroatoms. The first-order chi connectivity index (χ1) is 12.3. The van der Waals surface area contributed by atoms with Gasteiger partial charge < -0.3 is 14.4 Å². The lowest BCUT2D eigenvalue weighted by Crippen LogP contribution is -2.41. The van der Waals surface area contributed by atoms with E-state index in [1.807, 2.05) is 29.6 Å². The van der Waals surface area contributed by atoms with Crippen molar-refractivity contribution in [1.82, 2.24) is 19.4 Å². The predicted octanol–water partition coefficient (Wildman–Crippen LogP) is 2.75. The van der Waals surface area contributed by atoms with Crippen LogP contribution in [0.25, 0.3) is 0 Å². The first kappa shape index (κ1) is 16.1. The highest BCUT2D eigenvalue weighted by Crippen LogP contribution is 2.26. The molecule has 2 aromatic rings. The van der Waals surface area contributed by atoms with Crippen LogP contribution in [0.5, 0.6) is 0 Å². The number of hydrogen-bond donors (Lipinski definition) is 0. The minimum absolute atomic E-state index is 0.110. The molecule has 2 aromatic heterocycles. The van der Waals surface area contributed by atoms with Gasteiger partial charge in [0.1, 0.15) is 5.82 Å². The van der Waals surface area contributed by atoms with Crippen molar-refractivity contribution in [2.45, 2.75) is 38.1 Å². The summed E-state index contributed by atoms with van der Waals surface area (Å²) in [5.74, 6) is 0.968. The maximum absolute atomic E-state index is 13.2. The highest BCUT2D eigenvalue weighted by Gasteiger charge is 2.28. The molecule has 0 spiro atoms. The van der Waals surface area contributed by atoms with Gasteiger partial charge in [-0.1, -0.05) is 0 Å². The van der Waals surface area contributed by atoms with Gasteiger partial charge in [-0.15, -0.1) is 0 Å². The molecule has 6 nitrogen and oxygen atoms in total. The fraction of sp³-hybridized carbons (Fsp3) is 0.526. The maximum atomic E-state index is 13.2. The van der Waals surface area contributed by atoms with Crippen LogP contribution in [0.1, 0.15) is 48.5 Å². The van der Waals surface area contributed by atoms with Gasteiger partial charge in [-0.25, -0.2) is 9.97 Å². The molecule has 1 amide bonds. The Morgan fingerprint density at radius 1 is 1.08 bits per heavy atom. The molecule has 0 bridgehead atoms. The van der Waals surface area contributed by atoms with Crippen molar-refractivity contribution in [3.05, 3.63) is 42.6 Å². The summed E-state index contributed by atoms with van der Waals surface area (Å²) < 4.78 is 2.12.